The lowest BCUT2D eigenvalue weighted by Gasteiger charge is -2.39. The molecule has 2 amide bonds. The smallest absolute Gasteiger partial charge is 0.319 e. The Morgan fingerprint density at radius 3 is 2.44 bits per heavy atom. The Bertz CT molecular complexity index is 1200. The number of nitrogens with one attached hydrogen (secondary N) is 1. The molecule has 0 radical (unpaired) electrons. The molecule has 0 aromatic heterocycles. The number of carbonyl (C=O) groups is 1. The summed E-state index contributed by atoms with van der Waals surface area (Å²) in [6.07, 6.45) is -1.01. The Morgan fingerprint density at radius 2 is 1.82 bits per heavy atom. The van der Waals surface area contributed by atoms with E-state index in [1.165, 1.54) is 36.4 Å². The van der Waals surface area contributed by atoms with Gasteiger partial charge >= 0.3 is 6.03 Å². The molecule has 34 heavy (non-hydrogen) atoms. The van der Waals surface area contributed by atoms with E-state index in [1.807, 2.05) is 4.72 Å². The molecule has 6 nitrogen and oxygen atoms in total. The van der Waals surface area contributed by atoms with Gasteiger partial charge in [0.25, 0.3) is 5.92 Å². The molecule has 184 valence electrons. The third-order valence-corrected chi connectivity index (χ3v) is 6.64. The number of sulfonamides is 1. The summed E-state index contributed by atoms with van der Waals surface area (Å²) < 4.78 is 97.6. The van der Waals surface area contributed by atoms with E-state index < -0.39 is 64.8 Å². The molecule has 2 fully saturated rings. The van der Waals surface area contributed by atoms with E-state index >= 15 is 4.39 Å². The third kappa shape index (κ3) is 4.88. The predicted octanol–water partition coefficient (Wildman–Crippen LogP) is 3.19. The van der Waals surface area contributed by atoms with Gasteiger partial charge in [0.2, 0.25) is 10.0 Å². The van der Waals surface area contributed by atoms with Crippen molar-refractivity contribution in [2.45, 2.75) is 30.6 Å². The number of hydrogen-bond donors (Lipinski definition) is 1. The average Bonchev–Trinajstić information content (AvgIpc) is 2.95. The molecular weight excluding hydrogens is 481 g/mol. The molecule has 2 heterocycles. The quantitative estimate of drug-likeness (QED) is 0.638. The molecule has 0 bridgehead atoms. The molecular formula is C22H22F5N3O3S. The summed E-state index contributed by atoms with van der Waals surface area (Å²) in [5, 5.41) is 0. The van der Waals surface area contributed by atoms with Gasteiger partial charge in [-0.05, 0) is 29.7 Å². The van der Waals surface area contributed by atoms with Crippen molar-refractivity contribution in [2.75, 3.05) is 25.9 Å². The second-order valence-electron chi connectivity index (χ2n) is 8.60. The van der Waals surface area contributed by atoms with Crippen LogP contribution >= 0.6 is 0 Å². The van der Waals surface area contributed by atoms with E-state index in [2.05, 4.69) is 0 Å². The van der Waals surface area contributed by atoms with Crippen molar-refractivity contribution in [1.29, 1.82) is 0 Å². The zero-order chi connectivity index (χ0) is 24.8. The summed E-state index contributed by atoms with van der Waals surface area (Å²) in [6, 6.07) is 5.02. The molecule has 0 aliphatic carbocycles. The normalized spacial score (nSPS) is 22.6. The monoisotopic (exact) mass is 503 g/mol. The van der Waals surface area contributed by atoms with Crippen LogP contribution in [0, 0.1) is 11.6 Å². The van der Waals surface area contributed by atoms with Crippen LogP contribution in [0.2, 0.25) is 0 Å². The van der Waals surface area contributed by atoms with Crippen LogP contribution < -0.4 is 4.72 Å². The first-order valence-corrected chi connectivity index (χ1v) is 12.3. The molecule has 2 atom stereocenters. The van der Waals surface area contributed by atoms with Crippen LogP contribution in [0.3, 0.4) is 0 Å². The standard InChI is InChI=1S/C22H22F5N3O3S/c1-34(32,33)28-20-18(30(12-22(20,26)27)21(31)29-10-16(24)11-29)9-14-5-3-7-17(19(14)25)13-4-2-6-15(23)8-13/h2-8,16,18,20,28H,9-12H2,1H3/t18-,20+/m0/s1. The number of benzene rings is 2. The molecule has 4 rings (SSSR count). The summed E-state index contributed by atoms with van der Waals surface area (Å²) in [7, 11) is -4.12. The van der Waals surface area contributed by atoms with E-state index in [0.29, 0.717) is 6.26 Å². The molecule has 0 spiro atoms. The van der Waals surface area contributed by atoms with Gasteiger partial charge in [0, 0.05) is 5.56 Å². The fourth-order valence-electron chi connectivity index (χ4n) is 4.34. The summed E-state index contributed by atoms with van der Waals surface area (Å²) in [5.41, 5.74) is 0.189. The summed E-state index contributed by atoms with van der Waals surface area (Å²) in [4.78, 5) is 14.6. The maximum absolute atomic E-state index is 15.4. The highest BCUT2D eigenvalue weighted by molar-refractivity contribution is 7.88. The van der Waals surface area contributed by atoms with Crippen LogP contribution in [-0.4, -0.2) is 74.3 Å². The van der Waals surface area contributed by atoms with Crippen molar-refractivity contribution < 1.29 is 35.2 Å². The van der Waals surface area contributed by atoms with Gasteiger partial charge < -0.3 is 9.80 Å². The Hall–Kier alpha value is -2.73. The van der Waals surface area contributed by atoms with Gasteiger partial charge in [-0.15, -0.1) is 0 Å². The SMILES string of the molecule is CS(=O)(=O)N[C@@H]1[C@H](Cc2cccc(-c3cccc(F)c3)c2F)N(C(=O)N2CC(F)C2)CC1(F)F. The zero-order valence-electron chi connectivity index (χ0n) is 18.0. The highest BCUT2D eigenvalue weighted by Crippen LogP contribution is 2.37. The van der Waals surface area contributed by atoms with Gasteiger partial charge in [0.15, 0.2) is 0 Å². The first-order valence-electron chi connectivity index (χ1n) is 10.4. The summed E-state index contributed by atoms with van der Waals surface area (Å²) in [6.45, 7) is -1.63. The number of amides is 2. The van der Waals surface area contributed by atoms with Crippen molar-refractivity contribution >= 4 is 16.1 Å². The number of nitrogens with zero attached hydrogens (tertiary/aromatic N) is 2. The molecule has 2 aliphatic rings. The Kier molecular flexibility index (Phi) is 6.32. The van der Waals surface area contributed by atoms with E-state index in [9.17, 15) is 30.8 Å². The van der Waals surface area contributed by atoms with Crippen molar-refractivity contribution in [3.63, 3.8) is 0 Å². The fraction of sp³-hybridized carbons (Fsp3) is 0.409. The van der Waals surface area contributed by atoms with Gasteiger partial charge in [0.1, 0.15) is 23.8 Å². The Morgan fingerprint density at radius 1 is 1.15 bits per heavy atom. The lowest BCUT2D eigenvalue weighted by atomic mass is 9.95. The highest BCUT2D eigenvalue weighted by Gasteiger charge is 2.58. The average molecular weight is 503 g/mol. The fourth-order valence-corrected chi connectivity index (χ4v) is 5.13. The molecule has 2 aromatic rings. The lowest BCUT2D eigenvalue weighted by molar-refractivity contribution is -0.00648. The van der Waals surface area contributed by atoms with Gasteiger partial charge in [-0.3, -0.25) is 0 Å². The number of carbonyl (C=O) groups excluding carboxylic acids is 1. The van der Waals surface area contributed by atoms with Gasteiger partial charge in [-0.25, -0.2) is 39.9 Å². The number of alkyl halides is 3. The summed E-state index contributed by atoms with van der Waals surface area (Å²) in [5.74, 6) is -5.05. The van der Waals surface area contributed by atoms with Crippen LogP contribution in [0.5, 0.6) is 0 Å². The number of rotatable bonds is 5. The molecule has 1 N–H and O–H groups in total. The highest BCUT2D eigenvalue weighted by atomic mass is 32.2. The van der Waals surface area contributed by atoms with Crippen molar-refractivity contribution in [1.82, 2.24) is 14.5 Å². The van der Waals surface area contributed by atoms with Gasteiger partial charge in [0.05, 0.1) is 31.9 Å². The first-order chi connectivity index (χ1) is 15.9. The van der Waals surface area contributed by atoms with Crippen LogP contribution in [0.25, 0.3) is 11.1 Å². The number of hydrogen-bond acceptors (Lipinski definition) is 3. The van der Waals surface area contributed by atoms with E-state index in [0.717, 1.165) is 15.9 Å². The Labute approximate surface area is 193 Å². The number of halogens is 5. The third-order valence-electron chi connectivity index (χ3n) is 5.96. The molecule has 0 unspecified atom stereocenters. The number of urea groups is 1. The van der Waals surface area contributed by atoms with Crippen LogP contribution in [0.4, 0.5) is 26.7 Å². The van der Waals surface area contributed by atoms with E-state index in [4.69, 9.17) is 0 Å². The van der Waals surface area contributed by atoms with Crippen LogP contribution in [0.1, 0.15) is 5.56 Å². The number of likely N-dealkylation sites (tertiary alicyclic amines) is 2. The molecule has 2 saturated heterocycles. The van der Waals surface area contributed by atoms with Gasteiger partial charge in [-0.1, -0.05) is 30.3 Å². The van der Waals surface area contributed by atoms with Crippen LogP contribution in [-0.2, 0) is 16.4 Å². The molecule has 0 saturated carbocycles. The lowest BCUT2D eigenvalue weighted by Crippen LogP contribution is -2.58. The van der Waals surface area contributed by atoms with Crippen molar-refractivity contribution in [2.24, 2.45) is 0 Å². The zero-order valence-corrected chi connectivity index (χ0v) is 18.8. The minimum atomic E-state index is -4.12. The van der Waals surface area contributed by atoms with E-state index in [1.54, 1.807) is 0 Å². The second kappa shape index (κ2) is 8.81. The van der Waals surface area contributed by atoms with Gasteiger partial charge in [-0.2, -0.15) is 0 Å². The maximum Gasteiger partial charge on any atom is 0.320 e. The minimum Gasteiger partial charge on any atom is -0.319 e. The first kappa shape index (κ1) is 24.4. The minimum absolute atomic E-state index is 0.0234. The predicted molar refractivity (Wildman–Crippen MR) is 115 cm³/mol. The van der Waals surface area contributed by atoms with Crippen molar-refractivity contribution in [3.8, 4) is 11.1 Å². The molecule has 12 heteroatoms. The topological polar surface area (TPSA) is 69.7 Å². The molecule has 2 aromatic carbocycles. The second-order valence-corrected chi connectivity index (χ2v) is 10.4. The molecule has 2 aliphatic heterocycles. The maximum atomic E-state index is 15.4. The Balaban J connectivity index is 1.71. The van der Waals surface area contributed by atoms with E-state index in [-0.39, 0.29) is 29.8 Å². The van der Waals surface area contributed by atoms with Crippen molar-refractivity contribution in [3.05, 3.63) is 59.7 Å². The van der Waals surface area contributed by atoms with Crippen LogP contribution in [0.15, 0.2) is 42.5 Å². The summed E-state index contributed by atoms with van der Waals surface area (Å²) >= 11 is 0. The largest absolute Gasteiger partial charge is 0.320 e.